The van der Waals surface area contributed by atoms with Crippen LogP contribution in [-0.4, -0.2) is 19.5 Å². The van der Waals surface area contributed by atoms with Crippen molar-refractivity contribution in [2.75, 3.05) is 0 Å². The molecule has 14 rings (SSSR count). The van der Waals surface area contributed by atoms with Crippen molar-refractivity contribution < 1.29 is 0 Å². The molecule has 0 fully saturated rings. The Balaban J connectivity index is 1.08. The van der Waals surface area contributed by atoms with Gasteiger partial charge in [-0.15, -0.1) is 0 Å². The Morgan fingerprint density at radius 3 is 1.47 bits per heavy atom. The molecular formula is C56H32N4. The van der Waals surface area contributed by atoms with Crippen LogP contribution in [0.15, 0.2) is 194 Å². The van der Waals surface area contributed by atoms with Crippen molar-refractivity contribution in [1.82, 2.24) is 19.5 Å². The van der Waals surface area contributed by atoms with Crippen LogP contribution < -0.4 is 0 Å². The van der Waals surface area contributed by atoms with Crippen LogP contribution in [0.25, 0.3) is 105 Å². The summed E-state index contributed by atoms with van der Waals surface area (Å²) in [5.41, 5.74) is 13.7. The van der Waals surface area contributed by atoms with Gasteiger partial charge in [-0.2, -0.15) is 9.97 Å². The second-order valence-corrected chi connectivity index (χ2v) is 16.2. The number of aromatic nitrogens is 4. The molecule has 0 bridgehead atoms. The monoisotopic (exact) mass is 760 g/mol. The van der Waals surface area contributed by atoms with Crippen LogP contribution in [0.4, 0.5) is 0 Å². The highest BCUT2D eigenvalue weighted by atomic mass is 15.2. The lowest BCUT2D eigenvalue weighted by Crippen LogP contribution is -2.25. The maximum absolute atomic E-state index is 5.54. The number of fused-ring (bicyclic) bond motifs is 14. The number of rotatable bonds is 3. The van der Waals surface area contributed by atoms with E-state index in [2.05, 4.69) is 193 Å². The van der Waals surface area contributed by atoms with Gasteiger partial charge in [-0.1, -0.05) is 170 Å². The molecule has 0 amide bonds. The van der Waals surface area contributed by atoms with E-state index in [0.717, 1.165) is 22.2 Å². The topological polar surface area (TPSA) is 43.6 Å². The summed E-state index contributed by atoms with van der Waals surface area (Å²) in [4.78, 5) is 16.3. The lowest BCUT2D eigenvalue weighted by molar-refractivity contribution is 0.794. The highest BCUT2D eigenvalue weighted by Gasteiger charge is 2.52. The molecule has 0 aliphatic heterocycles. The van der Waals surface area contributed by atoms with E-state index in [1.54, 1.807) is 0 Å². The van der Waals surface area contributed by atoms with Gasteiger partial charge in [0.25, 0.3) is 0 Å². The zero-order valence-corrected chi connectivity index (χ0v) is 32.3. The van der Waals surface area contributed by atoms with Gasteiger partial charge in [0, 0.05) is 21.9 Å². The summed E-state index contributed by atoms with van der Waals surface area (Å²) in [5.74, 6) is 1.88. The van der Waals surface area contributed by atoms with Crippen LogP contribution in [0.3, 0.4) is 0 Å². The van der Waals surface area contributed by atoms with Crippen molar-refractivity contribution in [2.45, 2.75) is 5.41 Å². The van der Waals surface area contributed by atoms with Gasteiger partial charge in [-0.25, -0.2) is 4.98 Å². The van der Waals surface area contributed by atoms with Gasteiger partial charge in [0.05, 0.1) is 16.4 Å². The minimum atomic E-state index is -0.470. The van der Waals surface area contributed by atoms with Crippen molar-refractivity contribution in [3.63, 3.8) is 0 Å². The van der Waals surface area contributed by atoms with Crippen molar-refractivity contribution in [2.24, 2.45) is 0 Å². The van der Waals surface area contributed by atoms with E-state index in [-0.39, 0.29) is 0 Å². The summed E-state index contributed by atoms with van der Waals surface area (Å²) >= 11 is 0. The number of hydrogen-bond acceptors (Lipinski definition) is 3. The van der Waals surface area contributed by atoms with Crippen LogP contribution in [0.5, 0.6) is 0 Å². The second kappa shape index (κ2) is 11.6. The van der Waals surface area contributed by atoms with Gasteiger partial charge >= 0.3 is 0 Å². The van der Waals surface area contributed by atoms with E-state index >= 15 is 0 Å². The minimum absolute atomic E-state index is 0.470. The summed E-state index contributed by atoms with van der Waals surface area (Å²) in [6, 6.07) is 70.6. The van der Waals surface area contributed by atoms with Gasteiger partial charge < -0.3 is 0 Å². The van der Waals surface area contributed by atoms with Crippen LogP contribution in [0.1, 0.15) is 22.3 Å². The van der Waals surface area contributed by atoms with Gasteiger partial charge in [-0.3, -0.25) is 4.57 Å². The van der Waals surface area contributed by atoms with Crippen LogP contribution in [0.2, 0.25) is 0 Å². The standard InChI is InChI=1S/C56H32N4/c1-2-15-33(16-3-1)53-57-54(41-24-12-28-47-50(41)40-21-8-11-27-46(40)56(47)44-25-9-6-19-36(44)37-20-7-10-26-45(37)56)59-55(58-53)60-48-29-13-22-38-42-31-34-17-4-5-18-35(34)32-43(42)39-23-14-30-49(60)52(39)51(38)48/h1-32H. The van der Waals surface area contributed by atoms with Crippen LogP contribution >= 0.6 is 0 Å². The Bertz CT molecular complexity index is 3630. The molecule has 0 saturated heterocycles. The largest absolute Gasteiger partial charge is 0.278 e. The molecule has 0 saturated carbocycles. The Morgan fingerprint density at radius 1 is 0.350 bits per heavy atom. The second-order valence-electron chi connectivity index (χ2n) is 16.2. The Morgan fingerprint density at radius 2 is 0.833 bits per heavy atom. The first kappa shape index (κ1) is 32.1. The molecule has 10 aromatic carbocycles. The highest BCUT2D eigenvalue weighted by Crippen LogP contribution is 2.63. The fourth-order valence-electron chi connectivity index (χ4n) is 11.1. The first-order chi connectivity index (χ1) is 29.8. The summed E-state index contributed by atoms with van der Waals surface area (Å²) in [6.45, 7) is 0. The Kier molecular flexibility index (Phi) is 6.19. The first-order valence-corrected chi connectivity index (χ1v) is 20.6. The summed E-state index contributed by atoms with van der Waals surface area (Å²) in [7, 11) is 0. The molecule has 0 atom stereocenters. The molecule has 2 aromatic heterocycles. The molecule has 2 aliphatic rings. The summed E-state index contributed by atoms with van der Waals surface area (Å²) in [5, 5.41) is 9.89. The van der Waals surface area contributed by atoms with Gasteiger partial charge in [-0.05, 0) is 101 Å². The molecule has 4 nitrogen and oxygen atoms in total. The normalized spacial score (nSPS) is 13.5. The average Bonchev–Trinajstić information content (AvgIpc) is 3.93. The number of benzene rings is 10. The number of hydrogen-bond donors (Lipinski definition) is 0. The first-order valence-electron chi connectivity index (χ1n) is 20.6. The zero-order chi connectivity index (χ0) is 39.1. The fraction of sp³-hybridized carbons (Fsp3) is 0.0179. The molecule has 60 heavy (non-hydrogen) atoms. The molecule has 276 valence electrons. The summed E-state index contributed by atoms with van der Waals surface area (Å²) < 4.78 is 2.27. The molecule has 0 N–H and O–H groups in total. The van der Waals surface area contributed by atoms with Crippen molar-refractivity contribution in [1.29, 1.82) is 0 Å². The Hall–Kier alpha value is -7.95. The smallest absolute Gasteiger partial charge is 0.238 e. The molecule has 0 radical (unpaired) electrons. The van der Waals surface area contributed by atoms with Crippen LogP contribution in [-0.2, 0) is 5.41 Å². The minimum Gasteiger partial charge on any atom is -0.278 e. The predicted octanol–water partition coefficient (Wildman–Crippen LogP) is 13.5. The van der Waals surface area contributed by atoms with Crippen LogP contribution in [0, 0.1) is 0 Å². The molecule has 0 unspecified atom stereocenters. The van der Waals surface area contributed by atoms with Gasteiger partial charge in [0.15, 0.2) is 11.6 Å². The predicted molar refractivity (Wildman–Crippen MR) is 245 cm³/mol. The lowest BCUT2D eigenvalue weighted by atomic mass is 9.70. The fourth-order valence-corrected chi connectivity index (χ4v) is 11.1. The van der Waals surface area contributed by atoms with Crippen molar-refractivity contribution >= 4 is 54.1 Å². The van der Waals surface area contributed by atoms with Crippen molar-refractivity contribution in [3.8, 4) is 51.0 Å². The zero-order valence-electron chi connectivity index (χ0n) is 32.3. The third kappa shape index (κ3) is 3.97. The molecule has 2 aliphatic carbocycles. The SMILES string of the molecule is c1ccc(-c2nc(-c3cccc4c3-c3ccccc3C43c4ccccc4-c4ccccc43)nc(-n3c4cccc5c6cc7ccccc7cc6c6cccc3c6c54)n2)cc1. The van der Waals surface area contributed by atoms with E-state index in [4.69, 9.17) is 15.0 Å². The highest BCUT2D eigenvalue weighted by molar-refractivity contribution is 6.35. The quantitative estimate of drug-likeness (QED) is 0.133. The maximum Gasteiger partial charge on any atom is 0.238 e. The average molecular weight is 761 g/mol. The third-order valence-corrected chi connectivity index (χ3v) is 13.4. The van der Waals surface area contributed by atoms with E-state index in [1.165, 1.54) is 87.6 Å². The molecular weight excluding hydrogens is 729 g/mol. The maximum atomic E-state index is 5.54. The lowest BCUT2D eigenvalue weighted by Gasteiger charge is -2.30. The van der Waals surface area contributed by atoms with E-state index < -0.39 is 5.41 Å². The van der Waals surface area contributed by atoms with Gasteiger partial charge in [0.2, 0.25) is 5.95 Å². The molecule has 4 heteroatoms. The van der Waals surface area contributed by atoms with E-state index in [9.17, 15) is 0 Å². The molecule has 2 heterocycles. The number of nitrogens with zero attached hydrogens (tertiary/aromatic N) is 4. The molecule has 1 spiro atoms. The summed E-state index contributed by atoms with van der Waals surface area (Å²) in [6.07, 6.45) is 0. The van der Waals surface area contributed by atoms with Crippen molar-refractivity contribution in [3.05, 3.63) is 216 Å². The third-order valence-electron chi connectivity index (χ3n) is 13.4. The Labute approximate surface area is 345 Å². The molecule has 12 aromatic rings. The van der Waals surface area contributed by atoms with E-state index in [1.807, 2.05) is 6.07 Å². The van der Waals surface area contributed by atoms with E-state index in [0.29, 0.717) is 17.6 Å². The van der Waals surface area contributed by atoms with Gasteiger partial charge in [0.1, 0.15) is 0 Å².